The second kappa shape index (κ2) is 17.3. The summed E-state index contributed by atoms with van der Waals surface area (Å²) in [5, 5.41) is 15.6. The number of hydrogen-bond acceptors (Lipinski definition) is 0. The molecule has 11 rings (SSSR count). The molecule has 0 N–H and O–H groups in total. The molecule has 1 heteroatoms. The Kier molecular flexibility index (Phi) is 11.4. The lowest BCUT2D eigenvalue weighted by Gasteiger charge is -2.18. The van der Waals surface area contributed by atoms with E-state index in [1.807, 2.05) is 33.8 Å². The number of allylic oxidation sites excluding steroid dienone is 3. The predicted molar refractivity (Wildman–Crippen MR) is 263 cm³/mol. The van der Waals surface area contributed by atoms with Crippen molar-refractivity contribution in [1.82, 2.24) is 4.57 Å². The van der Waals surface area contributed by atoms with E-state index in [0.717, 1.165) is 6.42 Å². The first-order valence-electron chi connectivity index (χ1n) is 21.2. The minimum absolute atomic E-state index is 1.10. The molecule has 1 nitrogen and oxygen atoms in total. The van der Waals surface area contributed by atoms with Gasteiger partial charge >= 0.3 is 0 Å². The molecule has 0 unspecified atom stereocenters. The Morgan fingerprint density at radius 1 is 0.424 bits per heavy atom. The molecular weight excluding hydrogens is 711 g/mol. The second-order valence-corrected chi connectivity index (χ2v) is 14.3. The highest BCUT2D eigenvalue weighted by atomic mass is 15.0. The summed E-state index contributed by atoms with van der Waals surface area (Å²) in [7, 11) is 0. The number of fused-ring (bicyclic) bond motifs is 6. The van der Waals surface area contributed by atoms with Crippen LogP contribution >= 0.6 is 0 Å². The Hall–Kier alpha value is -6.96. The summed E-state index contributed by atoms with van der Waals surface area (Å²) in [5.41, 5.74) is 8.69. The molecule has 0 atom stereocenters. The summed E-state index contributed by atoms with van der Waals surface area (Å²) in [5.74, 6) is 0. The van der Waals surface area contributed by atoms with E-state index in [1.165, 1.54) is 104 Å². The molecule has 0 radical (unpaired) electrons. The summed E-state index contributed by atoms with van der Waals surface area (Å²) in [6.07, 6.45) is 6.89. The molecule has 0 aliphatic rings. The van der Waals surface area contributed by atoms with Gasteiger partial charge in [-0.05, 0) is 113 Å². The van der Waals surface area contributed by atoms with Gasteiger partial charge in [-0.25, -0.2) is 0 Å². The lowest BCUT2D eigenvalue weighted by Crippen LogP contribution is -1.94. The molecule has 11 aromatic rings. The van der Waals surface area contributed by atoms with Crippen molar-refractivity contribution in [3.05, 3.63) is 201 Å². The van der Waals surface area contributed by atoms with Crippen LogP contribution in [0.4, 0.5) is 0 Å². The Labute approximate surface area is 348 Å². The van der Waals surface area contributed by atoms with Gasteiger partial charge in [0, 0.05) is 16.5 Å². The fraction of sp³-hybridized carbons (Fsp3) is 0.103. The number of benzene rings is 10. The molecule has 0 bridgehead atoms. The first-order chi connectivity index (χ1) is 29.2. The highest BCUT2D eigenvalue weighted by molar-refractivity contribution is 6.28. The van der Waals surface area contributed by atoms with E-state index in [9.17, 15) is 0 Å². The van der Waals surface area contributed by atoms with Crippen molar-refractivity contribution < 1.29 is 0 Å². The van der Waals surface area contributed by atoms with Gasteiger partial charge in [0.2, 0.25) is 0 Å². The highest BCUT2D eigenvalue weighted by Crippen LogP contribution is 2.44. The van der Waals surface area contributed by atoms with Crippen molar-refractivity contribution in [2.45, 2.75) is 41.0 Å². The topological polar surface area (TPSA) is 4.93 Å². The SMILES string of the molecule is C=C/C=C\CC.CC.CC.c1ccc2c(c1)cc(-c1ccc3ccc4c(-c5ccc(-n6c7ccccc7c7ccccc76)cc5)ccc5ccc1c3c54)c1ccccc12. The average Bonchev–Trinajstić information content (AvgIpc) is 3.65. The van der Waals surface area contributed by atoms with Gasteiger partial charge in [0.05, 0.1) is 11.0 Å². The summed E-state index contributed by atoms with van der Waals surface area (Å²) < 4.78 is 2.39. The lowest BCUT2D eigenvalue weighted by atomic mass is 9.85. The van der Waals surface area contributed by atoms with Gasteiger partial charge in [0.25, 0.3) is 0 Å². The van der Waals surface area contributed by atoms with Crippen LogP contribution in [0.1, 0.15) is 41.0 Å². The summed E-state index contributed by atoms with van der Waals surface area (Å²) in [4.78, 5) is 0. The van der Waals surface area contributed by atoms with Crippen LogP contribution in [-0.4, -0.2) is 4.57 Å². The second-order valence-electron chi connectivity index (χ2n) is 14.3. The van der Waals surface area contributed by atoms with Crippen molar-refractivity contribution in [1.29, 1.82) is 0 Å². The van der Waals surface area contributed by atoms with Crippen LogP contribution in [0.5, 0.6) is 0 Å². The summed E-state index contributed by atoms with van der Waals surface area (Å²) >= 11 is 0. The van der Waals surface area contributed by atoms with Gasteiger partial charge in [-0.1, -0.05) is 205 Å². The van der Waals surface area contributed by atoms with Gasteiger partial charge in [-0.15, -0.1) is 0 Å². The lowest BCUT2D eigenvalue weighted by molar-refractivity contribution is 1.18. The Bertz CT molecular complexity index is 3190. The van der Waals surface area contributed by atoms with Crippen LogP contribution in [0, 0.1) is 0 Å². The minimum Gasteiger partial charge on any atom is -0.309 e. The van der Waals surface area contributed by atoms with Crippen molar-refractivity contribution in [3.8, 4) is 27.9 Å². The molecule has 0 saturated heterocycles. The van der Waals surface area contributed by atoms with Gasteiger partial charge in [0.1, 0.15) is 0 Å². The van der Waals surface area contributed by atoms with Crippen LogP contribution in [0.3, 0.4) is 0 Å². The van der Waals surface area contributed by atoms with E-state index in [4.69, 9.17) is 0 Å². The molecular formula is C58H51N. The van der Waals surface area contributed by atoms with E-state index in [0.29, 0.717) is 0 Å². The first-order valence-corrected chi connectivity index (χ1v) is 21.2. The zero-order valence-corrected chi connectivity index (χ0v) is 34.8. The number of rotatable bonds is 5. The minimum atomic E-state index is 1.10. The van der Waals surface area contributed by atoms with Crippen LogP contribution < -0.4 is 0 Å². The maximum Gasteiger partial charge on any atom is 0.0541 e. The smallest absolute Gasteiger partial charge is 0.0541 e. The van der Waals surface area contributed by atoms with Gasteiger partial charge < -0.3 is 4.57 Å². The summed E-state index contributed by atoms with van der Waals surface area (Å²) in [6, 6.07) is 65.0. The number of aromatic nitrogens is 1. The molecule has 0 amide bonds. The van der Waals surface area contributed by atoms with Crippen LogP contribution in [-0.2, 0) is 0 Å². The fourth-order valence-electron chi connectivity index (χ4n) is 8.79. The molecule has 59 heavy (non-hydrogen) atoms. The molecule has 0 saturated carbocycles. The quantitative estimate of drug-likeness (QED) is 0.122. The van der Waals surface area contributed by atoms with E-state index in [1.54, 1.807) is 6.08 Å². The van der Waals surface area contributed by atoms with Crippen molar-refractivity contribution in [3.63, 3.8) is 0 Å². The van der Waals surface area contributed by atoms with Crippen molar-refractivity contribution in [2.24, 2.45) is 0 Å². The van der Waals surface area contributed by atoms with Crippen LogP contribution in [0.15, 0.2) is 201 Å². The Morgan fingerprint density at radius 2 is 0.915 bits per heavy atom. The normalized spacial score (nSPS) is 11.2. The zero-order chi connectivity index (χ0) is 40.9. The number of hydrogen-bond donors (Lipinski definition) is 0. The van der Waals surface area contributed by atoms with Crippen LogP contribution in [0.2, 0.25) is 0 Å². The Morgan fingerprint density at radius 3 is 1.49 bits per heavy atom. The van der Waals surface area contributed by atoms with Gasteiger partial charge in [-0.2, -0.15) is 0 Å². The summed E-state index contributed by atoms with van der Waals surface area (Å²) in [6.45, 7) is 13.6. The monoisotopic (exact) mass is 761 g/mol. The standard InChI is InChI=1S/C48H29N.C6H10.2C2H6/c1-2-10-35-33(9-1)29-44(38-12-4-3-11-37(35)38)39-26-20-32-21-27-42-36(25-19-31-22-28-43(39)48(32)47(31)42)30-17-23-34(24-18-30)49-45-15-7-5-13-40(45)41-14-6-8-16-46(41)49;1-3-5-6-4-2;2*1-2/h1-29H;3,5-6H,1,4H2,2H3;2*1-2H3/b;6-5-;;. The molecule has 1 aromatic heterocycles. The van der Waals surface area contributed by atoms with Crippen molar-refractivity contribution >= 4 is 75.7 Å². The Balaban J connectivity index is 0.000000442. The maximum absolute atomic E-state index is 3.51. The van der Waals surface area contributed by atoms with E-state index in [-0.39, 0.29) is 0 Å². The van der Waals surface area contributed by atoms with Gasteiger partial charge in [0.15, 0.2) is 0 Å². The highest BCUT2D eigenvalue weighted by Gasteiger charge is 2.17. The molecule has 0 aliphatic heterocycles. The zero-order valence-electron chi connectivity index (χ0n) is 34.8. The van der Waals surface area contributed by atoms with E-state index < -0.39 is 0 Å². The molecule has 10 aromatic carbocycles. The average molecular weight is 762 g/mol. The first kappa shape index (κ1) is 38.9. The third-order valence-electron chi connectivity index (χ3n) is 11.2. The molecule has 0 spiro atoms. The molecule has 0 aliphatic carbocycles. The largest absolute Gasteiger partial charge is 0.309 e. The third kappa shape index (κ3) is 6.83. The van der Waals surface area contributed by atoms with E-state index >= 15 is 0 Å². The molecule has 288 valence electrons. The number of nitrogens with zero attached hydrogens (tertiary/aromatic N) is 1. The van der Waals surface area contributed by atoms with E-state index in [2.05, 4.69) is 200 Å². The number of para-hydroxylation sites is 2. The van der Waals surface area contributed by atoms with Crippen molar-refractivity contribution in [2.75, 3.05) is 0 Å². The van der Waals surface area contributed by atoms with Crippen LogP contribution in [0.25, 0.3) is 104 Å². The predicted octanol–water partition coefficient (Wildman–Crippen LogP) is 17.5. The molecule has 1 heterocycles. The van der Waals surface area contributed by atoms with Gasteiger partial charge in [-0.3, -0.25) is 0 Å². The maximum atomic E-state index is 3.51. The third-order valence-corrected chi connectivity index (χ3v) is 11.2. The molecule has 0 fully saturated rings. The fourth-order valence-corrected chi connectivity index (χ4v) is 8.79.